The fourth-order valence-electron chi connectivity index (χ4n) is 1.38. The fraction of sp³-hybridized carbons (Fsp3) is 0.778. The molecule has 1 saturated carbocycles. The van der Waals surface area contributed by atoms with Crippen LogP contribution in [0.2, 0.25) is 0 Å². The maximum Gasteiger partial charge on any atom is 0.0999 e. The first-order valence-corrected chi connectivity index (χ1v) is 5.41. The van der Waals surface area contributed by atoms with E-state index in [1.165, 1.54) is 37.0 Å². The lowest BCUT2D eigenvalue weighted by Crippen LogP contribution is -1.94. The van der Waals surface area contributed by atoms with Crippen molar-refractivity contribution in [1.29, 1.82) is 0 Å². The third-order valence-electron chi connectivity index (χ3n) is 2.18. The van der Waals surface area contributed by atoms with Gasteiger partial charge in [0.15, 0.2) is 0 Å². The van der Waals surface area contributed by atoms with Crippen LogP contribution in [0.15, 0.2) is 11.8 Å². The molecule has 62 valence electrons. The van der Waals surface area contributed by atoms with Crippen LogP contribution in [0.3, 0.4) is 0 Å². The fourth-order valence-corrected chi connectivity index (χ4v) is 1.79. The summed E-state index contributed by atoms with van der Waals surface area (Å²) in [5, 5.41) is 0.813. The van der Waals surface area contributed by atoms with Crippen LogP contribution in [0, 0.1) is 0 Å². The van der Waals surface area contributed by atoms with Crippen LogP contribution in [0.1, 0.15) is 25.7 Å². The highest BCUT2D eigenvalue weighted by molar-refractivity contribution is 8.06. The maximum atomic E-state index is 5.46. The minimum Gasteiger partial charge on any atom is -0.500 e. The molecule has 0 spiro atoms. The normalized spacial score (nSPS) is 28.7. The van der Waals surface area contributed by atoms with Crippen molar-refractivity contribution in [3.05, 3.63) is 11.8 Å². The zero-order valence-electron chi connectivity index (χ0n) is 6.71. The number of hydrogen-bond donors (Lipinski definition) is 0. The van der Waals surface area contributed by atoms with Gasteiger partial charge >= 0.3 is 0 Å². The summed E-state index contributed by atoms with van der Waals surface area (Å²) in [7, 11) is 0. The first kappa shape index (κ1) is 7.53. The zero-order chi connectivity index (χ0) is 7.52. The Balaban J connectivity index is 1.65. The predicted octanol–water partition coefficient (Wildman–Crippen LogP) is 2.58. The molecular formula is C9H14OS. The lowest BCUT2D eigenvalue weighted by atomic mass is 10.3. The summed E-state index contributed by atoms with van der Waals surface area (Å²) < 4.78 is 5.46. The lowest BCUT2D eigenvalue weighted by molar-refractivity contribution is 0.256. The van der Waals surface area contributed by atoms with Crippen molar-refractivity contribution >= 4 is 11.8 Å². The summed E-state index contributed by atoms with van der Waals surface area (Å²) in [6, 6.07) is 0. The molecule has 1 saturated heterocycles. The van der Waals surface area contributed by atoms with Gasteiger partial charge in [-0.15, -0.1) is 0 Å². The molecule has 11 heavy (non-hydrogen) atoms. The summed E-state index contributed by atoms with van der Waals surface area (Å²) in [5.41, 5.74) is 1.52. The van der Waals surface area contributed by atoms with E-state index in [1.54, 1.807) is 0 Å². The third-order valence-corrected chi connectivity index (χ3v) is 3.12. The molecule has 2 rings (SSSR count). The van der Waals surface area contributed by atoms with Crippen LogP contribution in [0.25, 0.3) is 0 Å². The predicted molar refractivity (Wildman–Crippen MR) is 48.7 cm³/mol. The molecule has 1 aliphatic heterocycles. The Morgan fingerprint density at radius 3 is 2.82 bits per heavy atom. The summed E-state index contributed by atoms with van der Waals surface area (Å²) in [6.07, 6.45) is 7.29. The first-order chi connectivity index (χ1) is 5.45. The molecular weight excluding hydrogens is 156 g/mol. The van der Waals surface area contributed by atoms with E-state index in [0.29, 0.717) is 0 Å². The summed E-state index contributed by atoms with van der Waals surface area (Å²) in [6.45, 7) is 0.939. The van der Waals surface area contributed by atoms with Gasteiger partial charge in [-0.25, -0.2) is 0 Å². The molecule has 0 amide bonds. The average molecular weight is 170 g/mol. The number of rotatable bonds is 3. The topological polar surface area (TPSA) is 9.23 Å². The van der Waals surface area contributed by atoms with E-state index < -0.39 is 0 Å². The summed E-state index contributed by atoms with van der Waals surface area (Å²) in [4.78, 5) is 0. The van der Waals surface area contributed by atoms with Crippen LogP contribution >= 0.6 is 11.8 Å². The van der Waals surface area contributed by atoms with Gasteiger partial charge in [-0.1, -0.05) is 0 Å². The van der Waals surface area contributed by atoms with E-state index in [1.807, 2.05) is 18.0 Å². The summed E-state index contributed by atoms with van der Waals surface area (Å²) in [5.74, 6) is 1.31. The minimum absolute atomic E-state index is 0.813. The standard InChI is InChI=1S/C9H14OS/c1-2-4-8(3-1)5-10-6-9-7-11-9/h5,9H,1-4,6-7H2. The number of ether oxygens (including phenoxy) is 1. The van der Waals surface area contributed by atoms with Gasteiger partial charge < -0.3 is 4.74 Å². The van der Waals surface area contributed by atoms with Crippen LogP contribution in [-0.2, 0) is 4.74 Å². The van der Waals surface area contributed by atoms with Crippen molar-refractivity contribution in [2.24, 2.45) is 0 Å². The molecule has 2 fully saturated rings. The Morgan fingerprint density at radius 2 is 2.18 bits per heavy atom. The van der Waals surface area contributed by atoms with Crippen molar-refractivity contribution in [3.63, 3.8) is 0 Å². The molecule has 0 aromatic carbocycles. The van der Waals surface area contributed by atoms with Gasteiger partial charge in [0.25, 0.3) is 0 Å². The van der Waals surface area contributed by atoms with Crippen LogP contribution < -0.4 is 0 Å². The van der Waals surface area contributed by atoms with Gasteiger partial charge in [-0.2, -0.15) is 11.8 Å². The van der Waals surface area contributed by atoms with Crippen molar-refractivity contribution in [1.82, 2.24) is 0 Å². The Morgan fingerprint density at radius 1 is 1.45 bits per heavy atom. The van der Waals surface area contributed by atoms with E-state index in [2.05, 4.69) is 0 Å². The van der Waals surface area contributed by atoms with Gasteiger partial charge in [0.1, 0.15) is 0 Å². The largest absolute Gasteiger partial charge is 0.500 e. The maximum absolute atomic E-state index is 5.46. The molecule has 0 bridgehead atoms. The van der Waals surface area contributed by atoms with Gasteiger partial charge in [0, 0.05) is 11.0 Å². The highest BCUT2D eigenvalue weighted by atomic mass is 32.2. The SMILES string of the molecule is C(OCC1CS1)=C1CCCC1. The Kier molecular flexibility index (Phi) is 2.41. The quantitative estimate of drug-likeness (QED) is 0.475. The molecule has 1 atom stereocenters. The highest BCUT2D eigenvalue weighted by Gasteiger charge is 2.22. The van der Waals surface area contributed by atoms with Crippen molar-refractivity contribution in [2.75, 3.05) is 12.4 Å². The van der Waals surface area contributed by atoms with E-state index >= 15 is 0 Å². The zero-order valence-corrected chi connectivity index (χ0v) is 7.53. The molecule has 0 radical (unpaired) electrons. The number of hydrogen-bond acceptors (Lipinski definition) is 2. The molecule has 0 aromatic rings. The Hall–Kier alpha value is -0.110. The molecule has 1 aliphatic carbocycles. The van der Waals surface area contributed by atoms with Crippen molar-refractivity contribution in [2.45, 2.75) is 30.9 Å². The molecule has 1 nitrogen and oxygen atoms in total. The van der Waals surface area contributed by atoms with E-state index in [9.17, 15) is 0 Å². The number of thioether (sulfide) groups is 1. The highest BCUT2D eigenvalue weighted by Crippen LogP contribution is 2.30. The van der Waals surface area contributed by atoms with Crippen molar-refractivity contribution < 1.29 is 4.74 Å². The van der Waals surface area contributed by atoms with Crippen molar-refractivity contribution in [3.8, 4) is 0 Å². The van der Waals surface area contributed by atoms with Gasteiger partial charge in [0.05, 0.1) is 12.9 Å². The molecule has 1 unspecified atom stereocenters. The smallest absolute Gasteiger partial charge is 0.0999 e. The second-order valence-electron chi connectivity index (χ2n) is 3.27. The van der Waals surface area contributed by atoms with E-state index in [4.69, 9.17) is 4.74 Å². The van der Waals surface area contributed by atoms with Gasteiger partial charge in [-0.3, -0.25) is 0 Å². The van der Waals surface area contributed by atoms with E-state index in [0.717, 1.165) is 11.9 Å². The van der Waals surface area contributed by atoms with Crippen LogP contribution in [0.4, 0.5) is 0 Å². The second-order valence-corrected chi connectivity index (χ2v) is 4.61. The molecule has 1 heterocycles. The lowest BCUT2D eigenvalue weighted by Gasteiger charge is -1.98. The third kappa shape index (κ3) is 2.44. The molecule has 2 heteroatoms. The first-order valence-electron chi connectivity index (χ1n) is 4.36. The number of allylic oxidation sites excluding steroid dienone is 1. The van der Waals surface area contributed by atoms with Crippen LogP contribution in [-0.4, -0.2) is 17.6 Å². The van der Waals surface area contributed by atoms with Gasteiger partial charge in [0.2, 0.25) is 0 Å². The Labute approximate surface area is 72.2 Å². The summed E-state index contributed by atoms with van der Waals surface area (Å²) >= 11 is 2.00. The Bertz CT molecular complexity index is 153. The monoisotopic (exact) mass is 170 g/mol. The van der Waals surface area contributed by atoms with E-state index in [-0.39, 0.29) is 0 Å². The molecule has 2 aliphatic rings. The molecule has 0 N–H and O–H groups in total. The second kappa shape index (κ2) is 3.53. The van der Waals surface area contributed by atoms with Gasteiger partial charge in [-0.05, 0) is 31.3 Å². The molecule has 0 aromatic heterocycles. The van der Waals surface area contributed by atoms with Crippen LogP contribution in [0.5, 0.6) is 0 Å². The minimum atomic E-state index is 0.813. The average Bonchev–Trinajstić information content (AvgIpc) is 2.66.